The van der Waals surface area contributed by atoms with E-state index < -0.39 is 23.8 Å². The van der Waals surface area contributed by atoms with E-state index >= 15 is 0 Å². The minimum Gasteiger partial charge on any atom is -0.340 e. The van der Waals surface area contributed by atoms with Crippen molar-refractivity contribution in [1.82, 2.24) is 24.3 Å². The monoisotopic (exact) mass is 427 g/mol. The number of piperidine rings is 1. The second kappa shape index (κ2) is 7.69. The fraction of sp³-hybridized carbons (Fsp3) is 0.286. The van der Waals surface area contributed by atoms with E-state index in [1.807, 2.05) is 33.7 Å². The molecule has 31 heavy (non-hydrogen) atoms. The van der Waals surface area contributed by atoms with Gasteiger partial charge in [0.2, 0.25) is 5.95 Å². The normalized spacial score (nSPS) is 19.3. The summed E-state index contributed by atoms with van der Waals surface area (Å²) in [6.45, 7) is 1.08. The zero-order valence-electron chi connectivity index (χ0n) is 16.5. The van der Waals surface area contributed by atoms with Gasteiger partial charge in [-0.2, -0.15) is 5.10 Å². The topological polar surface area (TPSA) is 77.8 Å². The third kappa shape index (κ3) is 3.63. The molecule has 1 fully saturated rings. The minimum absolute atomic E-state index is 0.277. The molecule has 10 heteroatoms. The molecule has 1 saturated heterocycles. The van der Waals surface area contributed by atoms with E-state index in [9.17, 15) is 13.2 Å². The van der Waals surface area contributed by atoms with E-state index in [4.69, 9.17) is 5.73 Å². The Hall–Kier alpha value is -3.40. The van der Waals surface area contributed by atoms with Crippen molar-refractivity contribution >= 4 is 17.0 Å². The lowest BCUT2D eigenvalue weighted by Gasteiger charge is -2.34. The van der Waals surface area contributed by atoms with Crippen LogP contribution in [0.5, 0.6) is 0 Å². The highest BCUT2D eigenvalue weighted by Gasteiger charge is 2.29. The van der Waals surface area contributed by atoms with Crippen LogP contribution in [0.25, 0.3) is 16.7 Å². The van der Waals surface area contributed by atoms with Gasteiger partial charge < -0.3 is 15.2 Å². The summed E-state index contributed by atoms with van der Waals surface area (Å²) in [4.78, 5) is 10.3. The number of aromatic nitrogens is 5. The molecule has 1 aliphatic rings. The average molecular weight is 427 g/mol. The lowest BCUT2D eigenvalue weighted by Crippen LogP contribution is -2.50. The van der Waals surface area contributed by atoms with Crippen molar-refractivity contribution in [1.29, 1.82) is 0 Å². The molecule has 160 valence electrons. The van der Waals surface area contributed by atoms with Crippen molar-refractivity contribution in [3.63, 3.8) is 0 Å². The summed E-state index contributed by atoms with van der Waals surface area (Å²) < 4.78 is 45.2. The van der Waals surface area contributed by atoms with E-state index in [2.05, 4.69) is 15.1 Å². The van der Waals surface area contributed by atoms with Crippen LogP contribution in [0.15, 0.2) is 49.1 Å². The Morgan fingerprint density at radius 2 is 1.87 bits per heavy atom. The molecular weight excluding hydrogens is 407 g/mol. The zero-order chi connectivity index (χ0) is 21.5. The number of anilines is 1. The molecule has 3 heterocycles. The number of nitrogens with zero attached hydrogens (tertiary/aromatic N) is 6. The van der Waals surface area contributed by atoms with Crippen LogP contribution in [0.3, 0.4) is 0 Å². The van der Waals surface area contributed by atoms with Crippen LogP contribution in [0.1, 0.15) is 12.0 Å². The maximum atomic E-state index is 14.0. The number of halogens is 3. The molecule has 1 aliphatic heterocycles. The molecule has 1 unspecified atom stereocenters. The zero-order valence-corrected chi connectivity index (χ0v) is 16.5. The first-order valence-corrected chi connectivity index (χ1v) is 9.93. The van der Waals surface area contributed by atoms with Gasteiger partial charge in [0.25, 0.3) is 0 Å². The van der Waals surface area contributed by atoms with Gasteiger partial charge in [-0.15, -0.1) is 0 Å². The molecule has 5 rings (SSSR count). The highest BCUT2D eigenvalue weighted by Crippen LogP contribution is 2.28. The molecule has 0 spiro atoms. The molecule has 4 aromatic rings. The number of imidazole rings is 1. The Morgan fingerprint density at radius 1 is 1.10 bits per heavy atom. The first-order valence-electron chi connectivity index (χ1n) is 9.93. The van der Waals surface area contributed by atoms with Gasteiger partial charge >= 0.3 is 0 Å². The van der Waals surface area contributed by atoms with Crippen molar-refractivity contribution in [2.75, 3.05) is 18.0 Å². The molecule has 0 aliphatic carbocycles. The van der Waals surface area contributed by atoms with E-state index in [0.717, 1.165) is 23.4 Å². The Kier molecular flexibility index (Phi) is 4.85. The molecular formula is C21H20F3N7. The number of rotatable bonds is 4. The largest absolute Gasteiger partial charge is 0.340 e. The number of nitrogens with two attached hydrogens (primary N) is 1. The number of hydrogen-bond donors (Lipinski definition) is 1. The molecule has 7 nitrogen and oxygen atoms in total. The average Bonchev–Trinajstić information content (AvgIpc) is 3.41. The van der Waals surface area contributed by atoms with Gasteiger partial charge in [-0.05, 0) is 24.1 Å². The Labute approximate surface area is 175 Å². The molecule has 0 saturated carbocycles. The van der Waals surface area contributed by atoms with E-state index in [1.165, 1.54) is 6.33 Å². The van der Waals surface area contributed by atoms with Crippen molar-refractivity contribution in [2.24, 2.45) is 5.73 Å². The SMILES string of the molecule is N[C@@H]1CN(c2nc3cc(F)c(F)cc3n2Cc2ccc(-n3cncn3)cc2)CCC1F. The molecule has 0 amide bonds. The predicted octanol–water partition coefficient (Wildman–Crippen LogP) is 2.82. The van der Waals surface area contributed by atoms with E-state index in [-0.39, 0.29) is 13.0 Å². The van der Waals surface area contributed by atoms with Gasteiger partial charge in [0.05, 0.1) is 29.3 Å². The van der Waals surface area contributed by atoms with Crippen molar-refractivity contribution in [3.8, 4) is 5.69 Å². The number of alkyl halides is 1. The minimum atomic E-state index is -1.08. The molecule has 2 atom stereocenters. The summed E-state index contributed by atoms with van der Waals surface area (Å²) in [5, 5.41) is 4.10. The molecule has 0 radical (unpaired) electrons. The molecule has 2 aromatic heterocycles. The highest BCUT2D eigenvalue weighted by atomic mass is 19.2. The van der Waals surface area contributed by atoms with Crippen LogP contribution in [-0.2, 0) is 6.54 Å². The van der Waals surface area contributed by atoms with Gasteiger partial charge in [-0.3, -0.25) is 0 Å². The molecule has 2 aromatic carbocycles. The lowest BCUT2D eigenvalue weighted by atomic mass is 10.1. The van der Waals surface area contributed by atoms with Gasteiger partial charge in [-0.25, -0.2) is 27.8 Å². The predicted molar refractivity (Wildman–Crippen MR) is 110 cm³/mol. The standard InChI is InChI=1S/C21H20F3N7/c22-15-5-6-29(10-18(15)25)21-28-19-7-16(23)17(24)8-20(19)30(21)9-13-1-3-14(4-2-13)31-12-26-11-27-31/h1-4,7-8,11-12,15,18H,5-6,9-10,25H2/t15?,18-/m1/s1. The summed E-state index contributed by atoms with van der Waals surface area (Å²) in [5.41, 5.74) is 8.51. The molecule has 0 bridgehead atoms. The Morgan fingerprint density at radius 3 is 2.58 bits per heavy atom. The van der Waals surface area contributed by atoms with Crippen LogP contribution < -0.4 is 10.6 Å². The Balaban J connectivity index is 1.53. The van der Waals surface area contributed by atoms with Gasteiger partial charge in [-0.1, -0.05) is 12.1 Å². The Bertz CT molecular complexity index is 1200. The number of hydrogen-bond acceptors (Lipinski definition) is 5. The van der Waals surface area contributed by atoms with Crippen molar-refractivity contribution in [3.05, 3.63) is 66.3 Å². The first-order chi connectivity index (χ1) is 15.0. The smallest absolute Gasteiger partial charge is 0.206 e. The van der Waals surface area contributed by atoms with Crippen LogP contribution in [-0.4, -0.2) is 49.6 Å². The summed E-state index contributed by atoms with van der Waals surface area (Å²) in [5.74, 6) is -1.39. The van der Waals surface area contributed by atoms with Gasteiger partial charge in [0.15, 0.2) is 11.6 Å². The fourth-order valence-electron chi connectivity index (χ4n) is 3.92. The van der Waals surface area contributed by atoms with Crippen molar-refractivity contribution < 1.29 is 13.2 Å². The van der Waals surface area contributed by atoms with Crippen LogP contribution >= 0.6 is 0 Å². The summed E-state index contributed by atoms with van der Waals surface area (Å²) in [6, 6.07) is 9.23. The summed E-state index contributed by atoms with van der Waals surface area (Å²) >= 11 is 0. The third-order valence-corrected chi connectivity index (χ3v) is 5.58. The van der Waals surface area contributed by atoms with Crippen LogP contribution in [0, 0.1) is 11.6 Å². The summed E-state index contributed by atoms with van der Waals surface area (Å²) in [6.07, 6.45) is 2.26. The summed E-state index contributed by atoms with van der Waals surface area (Å²) in [7, 11) is 0. The van der Waals surface area contributed by atoms with E-state index in [0.29, 0.717) is 30.1 Å². The molecule has 2 N–H and O–H groups in total. The first kappa shape index (κ1) is 19.6. The second-order valence-corrected chi connectivity index (χ2v) is 7.67. The van der Waals surface area contributed by atoms with Crippen molar-refractivity contribution in [2.45, 2.75) is 25.2 Å². The maximum absolute atomic E-state index is 14.0. The number of fused-ring (bicyclic) bond motifs is 1. The quantitative estimate of drug-likeness (QED) is 0.542. The fourth-order valence-corrected chi connectivity index (χ4v) is 3.92. The van der Waals surface area contributed by atoms with Crippen LogP contribution in [0.4, 0.5) is 19.1 Å². The highest BCUT2D eigenvalue weighted by molar-refractivity contribution is 5.79. The third-order valence-electron chi connectivity index (χ3n) is 5.58. The maximum Gasteiger partial charge on any atom is 0.206 e. The lowest BCUT2D eigenvalue weighted by molar-refractivity contribution is 0.243. The van der Waals surface area contributed by atoms with Gasteiger partial charge in [0.1, 0.15) is 18.8 Å². The van der Waals surface area contributed by atoms with Crippen LogP contribution in [0.2, 0.25) is 0 Å². The number of benzene rings is 2. The van der Waals surface area contributed by atoms with Gasteiger partial charge in [0, 0.05) is 25.2 Å². The van der Waals surface area contributed by atoms with E-state index in [1.54, 1.807) is 11.0 Å². The second-order valence-electron chi connectivity index (χ2n) is 7.67.